The van der Waals surface area contributed by atoms with E-state index in [1.165, 1.54) is 84.1 Å². The maximum absolute atomic E-state index is 11.5. The van der Waals surface area contributed by atoms with Gasteiger partial charge in [-0.05, 0) is 6.42 Å². The molecule has 2 amide bonds. The van der Waals surface area contributed by atoms with Crippen LogP contribution < -0.4 is 0 Å². The molecule has 0 aromatic heterocycles. The molecule has 0 heterocycles. The van der Waals surface area contributed by atoms with Gasteiger partial charge in [-0.15, -0.1) is 0 Å². The summed E-state index contributed by atoms with van der Waals surface area (Å²) in [6.07, 6.45) is 18.5. The van der Waals surface area contributed by atoms with Crippen molar-refractivity contribution in [1.82, 2.24) is 4.90 Å². The van der Waals surface area contributed by atoms with Crippen molar-refractivity contribution < 1.29 is 14.7 Å². The molecule has 0 aliphatic heterocycles. The van der Waals surface area contributed by atoms with Gasteiger partial charge in [0.1, 0.15) is 0 Å². The van der Waals surface area contributed by atoms with Crippen molar-refractivity contribution in [2.75, 3.05) is 7.05 Å². The van der Waals surface area contributed by atoms with Gasteiger partial charge in [0.25, 0.3) is 0 Å². The fourth-order valence-electron chi connectivity index (χ4n) is 2.92. The summed E-state index contributed by atoms with van der Waals surface area (Å²) in [6, 6.07) is 0. The SMILES string of the molecule is CCCCCCCCCCCCCCCCCC(=O)N(C)C(=O)O. The van der Waals surface area contributed by atoms with Crippen LogP contribution >= 0.6 is 0 Å². The van der Waals surface area contributed by atoms with Crippen LogP contribution in [0.3, 0.4) is 0 Å². The zero-order valence-corrected chi connectivity index (χ0v) is 16.0. The molecule has 0 aliphatic carbocycles. The van der Waals surface area contributed by atoms with Crippen LogP contribution in [-0.2, 0) is 4.79 Å². The minimum Gasteiger partial charge on any atom is -0.465 e. The molecule has 0 bridgehead atoms. The summed E-state index contributed by atoms with van der Waals surface area (Å²) < 4.78 is 0. The Kier molecular flexibility index (Phi) is 16.0. The lowest BCUT2D eigenvalue weighted by molar-refractivity contribution is -0.128. The lowest BCUT2D eigenvalue weighted by Gasteiger charge is -2.10. The number of carbonyl (C=O) groups is 2. The van der Waals surface area contributed by atoms with Crippen LogP contribution in [-0.4, -0.2) is 29.1 Å². The topological polar surface area (TPSA) is 57.6 Å². The number of hydrogen-bond acceptors (Lipinski definition) is 2. The molecule has 0 aromatic rings. The van der Waals surface area contributed by atoms with Crippen molar-refractivity contribution in [3.8, 4) is 0 Å². The molecule has 4 nitrogen and oxygen atoms in total. The van der Waals surface area contributed by atoms with Crippen LogP contribution in [0.4, 0.5) is 4.79 Å². The highest BCUT2D eigenvalue weighted by atomic mass is 16.4. The number of rotatable bonds is 16. The second-order valence-electron chi connectivity index (χ2n) is 6.94. The maximum atomic E-state index is 11.5. The highest BCUT2D eigenvalue weighted by molar-refractivity contribution is 5.90. The Morgan fingerprint density at radius 3 is 1.33 bits per heavy atom. The second-order valence-corrected chi connectivity index (χ2v) is 6.94. The van der Waals surface area contributed by atoms with Gasteiger partial charge in [0, 0.05) is 13.5 Å². The Hall–Kier alpha value is -1.06. The van der Waals surface area contributed by atoms with Crippen LogP contribution in [0, 0.1) is 0 Å². The van der Waals surface area contributed by atoms with E-state index in [2.05, 4.69) is 6.92 Å². The van der Waals surface area contributed by atoms with Gasteiger partial charge >= 0.3 is 6.09 Å². The third-order valence-electron chi connectivity index (χ3n) is 4.66. The van der Waals surface area contributed by atoms with Crippen molar-refractivity contribution in [1.29, 1.82) is 0 Å². The molecule has 1 N–H and O–H groups in total. The van der Waals surface area contributed by atoms with E-state index in [4.69, 9.17) is 5.11 Å². The summed E-state index contributed by atoms with van der Waals surface area (Å²) in [5.74, 6) is -0.294. The number of unbranched alkanes of at least 4 members (excludes halogenated alkanes) is 14. The molecule has 142 valence electrons. The average molecular weight is 342 g/mol. The first-order valence-corrected chi connectivity index (χ1v) is 10.1. The molecule has 24 heavy (non-hydrogen) atoms. The molecule has 0 fully saturated rings. The standard InChI is InChI=1S/C20H39NO3/c1-3-4-5-6-7-8-9-10-11-12-13-14-15-16-17-18-19(22)21(2)20(23)24/h3-18H2,1-2H3,(H,23,24). The van der Waals surface area contributed by atoms with Gasteiger partial charge in [-0.25, -0.2) is 4.79 Å². The van der Waals surface area contributed by atoms with Crippen LogP contribution in [0.2, 0.25) is 0 Å². The van der Waals surface area contributed by atoms with E-state index in [9.17, 15) is 9.59 Å². The Morgan fingerprint density at radius 2 is 1.00 bits per heavy atom. The minimum absolute atomic E-state index is 0.294. The number of carboxylic acid groups (broad SMARTS) is 1. The molecule has 0 aliphatic rings. The van der Waals surface area contributed by atoms with E-state index in [-0.39, 0.29) is 5.91 Å². The molecule has 0 saturated heterocycles. The predicted molar refractivity (Wildman–Crippen MR) is 100 cm³/mol. The normalized spacial score (nSPS) is 10.8. The van der Waals surface area contributed by atoms with Crippen LogP contribution in [0.15, 0.2) is 0 Å². The van der Waals surface area contributed by atoms with Gasteiger partial charge in [-0.1, -0.05) is 96.8 Å². The largest absolute Gasteiger partial charge is 0.465 e. The smallest absolute Gasteiger partial charge is 0.413 e. The number of imide groups is 1. The summed E-state index contributed by atoms with van der Waals surface area (Å²) in [7, 11) is 1.32. The molecule has 0 spiro atoms. The fourth-order valence-corrected chi connectivity index (χ4v) is 2.92. The first-order chi connectivity index (χ1) is 11.6. The Bertz CT molecular complexity index is 318. The molecular weight excluding hydrogens is 302 g/mol. The number of amides is 2. The zero-order valence-electron chi connectivity index (χ0n) is 16.0. The van der Waals surface area contributed by atoms with E-state index >= 15 is 0 Å². The van der Waals surface area contributed by atoms with E-state index in [0.717, 1.165) is 24.2 Å². The van der Waals surface area contributed by atoms with E-state index in [0.29, 0.717) is 6.42 Å². The Balaban J connectivity index is 3.18. The first-order valence-electron chi connectivity index (χ1n) is 10.1. The number of hydrogen-bond donors (Lipinski definition) is 1. The minimum atomic E-state index is -1.17. The third kappa shape index (κ3) is 14.5. The van der Waals surface area contributed by atoms with Crippen molar-refractivity contribution in [2.45, 2.75) is 110 Å². The van der Waals surface area contributed by atoms with Gasteiger partial charge in [0.2, 0.25) is 5.91 Å². The Morgan fingerprint density at radius 1 is 0.667 bits per heavy atom. The molecule has 4 heteroatoms. The van der Waals surface area contributed by atoms with Gasteiger partial charge in [0.15, 0.2) is 0 Å². The van der Waals surface area contributed by atoms with Crippen molar-refractivity contribution >= 4 is 12.0 Å². The van der Waals surface area contributed by atoms with E-state index in [1.807, 2.05) is 0 Å². The van der Waals surface area contributed by atoms with Crippen LogP contribution in [0.5, 0.6) is 0 Å². The van der Waals surface area contributed by atoms with Gasteiger partial charge < -0.3 is 5.11 Å². The van der Waals surface area contributed by atoms with Crippen molar-refractivity contribution in [3.63, 3.8) is 0 Å². The molecule has 0 unspecified atom stereocenters. The van der Waals surface area contributed by atoms with Crippen LogP contribution in [0.1, 0.15) is 110 Å². The van der Waals surface area contributed by atoms with Crippen molar-refractivity contribution in [2.24, 2.45) is 0 Å². The number of nitrogens with zero attached hydrogens (tertiary/aromatic N) is 1. The van der Waals surface area contributed by atoms with Crippen LogP contribution in [0.25, 0.3) is 0 Å². The maximum Gasteiger partial charge on any atom is 0.413 e. The second kappa shape index (κ2) is 16.8. The molecular formula is C20H39NO3. The number of carbonyl (C=O) groups excluding carboxylic acids is 1. The fraction of sp³-hybridized carbons (Fsp3) is 0.900. The third-order valence-corrected chi connectivity index (χ3v) is 4.66. The summed E-state index contributed by atoms with van der Waals surface area (Å²) in [6.45, 7) is 2.26. The summed E-state index contributed by atoms with van der Waals surface area (Å²) in [4.78, 5) is 22.9. The molecule has 0 saturated carbocycles. The highest BCUT2D eigenvalue weighted by Crippen LogP contribution is 2.13. The molecule has 0 aromatic carbocycles. The van der Waals surface area contributed by atoms with Gasteiger partial charge in [0.05, 0.1) is 0 Å². The zero-order chi connectivity index (χ0) is 18.0. The quantitative estimate of drug-likeness (QED) is 0.331. The highest BCUT2D eigenvalue weighted by Gasteiger charge is 2.13. The average Bonchev–Trinajstić information content (AvgIpc) is 2.57. The lowest BCUT2D eigenvalue weighted by Crippen LogP contribution is -2.31. The monoisotopic (exact) mass is 341 g/mol. The summed E-state index contributed by atoms with van der Waals surface area (Å²) >= 11 is 0. The van der Waals surface area contributed by atoms with Gasteiger partial charge in [-0.2, -0.15) is 0 Å². The van der Waals surface area contributed by atoms with E-state index < -0.39 is 6.09 Å². The summed E-state index contributed by atoms with van der Waals surface area (Å²) in [5.41, 5.74) is 0. The Labute approximate surface area is 149 Å². The summed E-state index contributed by atoms with van der Waals surface area (Å²) in [5, 5.41) is 8.68. The predicted octanol–water partition coefficient (Wildman–Crippen LogP) is 6.38. The lowest BCUT2D eigenvalue weighted by atomic mass is 10.0. The molecule has 0 radical (unpaired) electrons. The van der Waals surface area contributed by atoms with Crippen molar-refractivity contribution in [3.05, 3.63) is 0 Å². The van der Waals surface area contributed by atoms with E-state index in [1.54, 1.807) is 0 Å². The first kappa shape index (κ1) is 22.9. The van der Waals surface area contributed by atoms with Gasteiger partial charge in [-0.3, -0.25) is 9.69 Å². The molecule has 0 atom stereocenters. The molecule has 0 rings (SSSR count).